The molecule has 0 fully saturated rings. The maximum atomic E-state index is 12.8. The van der Waals surface area contributed by atoms with Crippen LogP contribution in [0, 0.1) is 0 Å². The topological polar surface area (TPSA) is 69.3 Å². The third kappa shape index (κ3) is 3.96. The summed E-state index contributed by atoms with van der Waals surface area (Å²) in [7, 11) is 0. The van der Waals surface area contributed by atoms with Gasteiger partial charge in [0.15, 0.2) is 0 Å². The molecule has 0 unspecified atom stereocenters. The quantitative estimate of drug-likeness (QED) is 0.528. The van der Waals surface area contributed by atoms with Gasteiger partial charge in [-0.05, 0) is 43.3 Å². The summed E-state index contributed by atoms with van der Waals surface area (Å²) in [6.07, 6.45) is 3.65. The number of aromatic nitrogens is 2. The molecule has 1 N–H and O–H groups in total. The molecule has 1 aliphatic heterocycles. The minimum absolute atomic E-state index is 0.162. The number of pyridine rings is 2. The van der Waals surface area contributed by atoms with Gasteiger partial charge in [0, 0.05) is 42.2 Å². The number of halogens is 1. The van der Waals surface area contributed by atoms with E-state index in [4.69, 9.17) is 9.15 Å². The number of aryl methyl sites for hydroxylation is 1. The number of hydrogen-bond donors (Lipinski definition) is 1. The molecule has 4 aromatic rings. The smallest absolute Gasteiger partial charge is 0.258 e. The second-order valence-electron chi connectivity index (χ2n) is 7.58. The molecule has 0 amide bonds. The van der Waals surface area contributed by atoms with E-state index in [1.165, 1.54) is 11.6 Å². The Balaban J connectivity index is 1.38. The summed E-state index contributed by atoms with van der Waals surface area (Å²) in [6.45, 7) is 1.33. The maximum absolute atomic E-state index is 12.8. The first-order valence-corrected chi connectivity index (χ1v) is 10.3. The zero-order valence-electron chi connectivity index (χ0n) is 16.9. The van der Waals surface area contributed by atoms with Crippen LogP contribution in [0.2, 0.25) is 0 Å². The highest BCUT2D eigenvalue weighted by Crippen LogP contribution is 2.29. The zero-order valence-corrected chi connectivity index (χ0v) is 16.9. The Bertz CT molecular complexity index is 1290. The van der Waals surface area contributed by atoms with Crippen LogP contribution in [-0.2, 0) is 26.2 Å². The molecule has 31 heavy (non-hydrogen) atoms. The van der Waals surface area contributed by atoms with Gasteiger partial charge in [-0.2, -0.15) is 0 Å². The van der Waals surface area contributed by atoms with Gasteiger partial charge in [0.25, 0.3) is 5.56 Å². The number of alkyl halides is 1. The minimum Gasteiger partial charge on any atom is -0.487 e. The van der Waals surface area contributed by atoms with Gasteiger partial charge in [-0.15, -0.1) is 0 Å². The van der Waals surface area contributed by atoms with Crippen molar-refractivity contribution in [3.8, 4) is 11.4 Å². The number of furan rings is 1. The van der Waals surface area contributed by atoms with Crippen LogP contribution in [-0.4, -0.2) is 16.1 Å². The van der Waals surface area contributed by atoms with Crippen molar-refractivity contribution in [3.63, 3.8) is 0 Å². The third-order valence-corrected chi connectivity index (χ3v) is 5.48. The minimum atomic E-state index is -0.622. The molecule has 7 heteroatoms. The summed E-state index contributed by atoms with van der Waals surface area (Å²) in [5.74, 6) is 1.46. The lowest BCUT2D eigenvalue weighted by atomic mass is 10.1. The van der Waals surface area contributed by atoms with E-state index in [0.717, 1.165) is 48.3 Å². The molecular weight excluding hydrogens is 397 g/mol. The van der Waals surface area contributed by atoms with Crippen LogP contribution in [0.25, 0.3) is 16.7 Å². The van der Waals surface area contributed by atoms with Gasteiger partial charge >= 0.3 is 0 Å². The summed E-state index contributed by atoms with van der Waals surface area (Å²) >= 11 is 0. The standard InChI is InChI=1S/C24H22FN3O3/c25-13-16-3-1-4-17(27-16)15-30-19-8-10-28(24(29)12-19)18-6-7-20-21-14-26-9-2-5-22(21)31-23(20)11-18/h1,3-4,6-8,10-12,26H,2,5,9,13-15H2. The van der Waals surface area contributed by atoms with E-state index in [1.807, 2.05) is 18.2 Å². The van der Waals surface area contributed by atoms with Gasteiger partial charge in [0.1, 0.15) is 30.4 Å². The summed E-state index contributed by atoms with van der Waals surface area (Å²) in [5, 5.41) is 4.51. The number of nitrogens with zero attached hydrogens (tertiary/aromatic N) is 2. The number of fused-ring (bicyclic) bond motifs is 3. The molecule has 158 valence electrons. The Morgan fingerprint density at radius 2 is 2.06 bits per heavy atom. The van der Waals surface area contributed by atoms with Crippen molar-refractivity contribution < 1.29 is 13.5 Å². The van der Waals surface area contributed by atoms with Crippen LogP contribution in [0.1, 0.15) is 29.1 Å². The van der Waals surface area contributed by atoms with Gasteiger partial charge in [0.05, 0.1) is 17.1 Å². The van der Waals surface area contributed by atoms with Crippen LogP contribution in [0.3, 0.4) is 0 Å². The number of ether oxygens (including phenoxy) is 1. The van der Waals surface area contributed by atoms with Crippen molar-refractivity contribution in [1.82, 2.24) is 14.9 Å². The van der Waals surface area contributed by atoms with E-state index in [1.54, 1.807) is 35.0 Å². The zero-order chi connectivity index (χ0) is 21.2. The van der Waals surface area contributed by atoms with Gasteiger partial charge in [0.2, 0.25) is 0 Å². The summed E-state index contributed by atoms with van der Waals surface area (Å²) in [6, 6.07) is 14.1. The molecule has 1 aliphatic rings. The van der Waals surface area contributed by atoms with Crippen LogP contribution in [0.15, 0.2) is 63.9 Å². The highest BCUT2D eigenvalue weighted by Gasteiger charge is 2.17. The SMILES string of the molecule is O=c1cc(OCc2cccc(CF)n2)ccn1-c1ccc2c3c(oc2c1)CCCNC3. The van der Waals surface area contributed by atoms with Crippen molar-refractivity contribution in [3.05, 3.63) is 87.8 Å². The lowest BCUT2D eigenvalue weighted by molar-refractivity contribution is 0.299. The van der Waals surface area contributed by atoms with Gasteiger partial charge in [-0.1, -0.05) is 6.07 Å². The fourth-order valence-corrected chi connectivity index (χ4v) is 3.93. The molecule has 0 saturated carbocycles. The highest BCUT2D eigenvalue weighted by molar-refractivity contribution is 5.84. The normalized spacial score (nSPS) is 13.7. The van der Waals surface area contributed by atoms with E-state index in [-0.39, 0.29) is 12.2 Å². The largest absolute Gasteiger partial charge is 0.487 e. The van der Waals surface area contributed by atoms with E-state index in [2.05, 4.69) is 10.3 Å². The van der Waals surface area contributed by atoms with Crippen LogP contribution >= 0.6 is 0 Å². The summed E-state index contributed by atoms with van der Waals surface area (Å²) in [4.78, 5) is 16.9. The van der Waals surface area contributed by atoms with Crippen molar-refractivity contribution in [1.29, 1.82) is 0 Å². The average Bonchev–Trinajstić information content (AvgIpc) is 2.97. The molecule has 5 rings (SSSR count). The molecule has 4 heterocycles. The van der Waals surface area contributed by atoms with Crippen molar-refractivity contribution in [2.45, 2.75) is 32.7 Å². The van der Waals surface area contributed by atoms with Crippen molar-refractivity contribution in [2.75, 3.05) is 6.54 Å². The second kappa shape index (κ2) is 8.35. The number of nitrogens with one attached hydrogen (secondary N) is 1. The maximum Gasteiger partial charge on any atom is 0.258 e. The predicted molar refractivity (Wildman–Crippen MR) is 115 cm³/mol. The van der Waals surface area contributed by atoms with Gasteiger partial charge < -0.3 is 14.5 Å². The molecule has 0 aliphatic carbocycles. The number of benzene rings is 1. The van der Waals surface area contributed by atoms with E-state index in [9.17, 15) is 9.18 Å². The molecular formula is C24H22FN3O3. The summed E-state index contributed by atoms with van der Waals surface area (Å²) < 4.78 is 26.1. The molecule has 3 aromatic heterocycles. The Kier molecular flexibility index (Phi) is 5.26. The molecule has 0 radical (unpaired) electrons. The van der Waals surface area contributed by atoms with Gasteiger partial charge in [-0.3, -0.25) is 14.3 Å². The molecule has 0 spiro atoms. The lowest BCUT2D eigenvalue weighted by Crippen LogP contribution is -2.16. The average molecular weight is 419 g/mol. The van der Waals surface area contributed by atoms with Crippen molar-refractivity contribution in [2.24, 2.45) is 0 Å². The highest BCUT2D eigenvalue weighted by atomic mass is 19.1. The Morgan fingerprint density at radius 1 is 1.16 bits per heavy atom. The summed E-state index contributed by atoms with van der Waals surface area (Å²) in [5.41, 5.74) is 3.49. The van der Waals surface area contributed by atoms with Crippen LogP contribution in [0.4, 0.5) is 4.39 Å². The van der Waals surface area contributed by atoms with Crippen molar-refractivity contribution >= 4 is 11.0 Å². The first kappa shape index (κ1) is 19.5. The first-order chi connectivity index (χ1) is 15.2. The lowest BCUT2D eigenvalue weighted by Gasteiger charge is -2.09. The van der Waals surface area contributed by atoms with Gasteiger partial charge in [-0.25, -0.2) is 4.39 Å². The Hall–Kier alpha value is -3.45. The third-order valence-electron chi connectivity index (χ3n) is 5.48. The monoisotopic (exact) mass is 419 g/mol. The van der Waals surface area contributed by atoms with Crippen LogP contribution < -0.4 is 15.6 Å². The molecule has 0 saturated heterocycles. The molecule has 0 atom stereocenters. The first-order valence-electron chi connectivity index (χ1n) is 10.3. The fraction of sp³-hybridized carbons (Fsp3) is 0.250. The van der Waals surface area contributed by atoms with E-state index < -0.39 is 6.67 Å². The predicted octanol–water partition coefficient (Wildman–Crippen LogP) is 4.06. The van der Waals surface area contributed by atoms with E-state index >= 15 is 0 Å². The molecule has 6 nitrogen and oxygen atoms in total. The molecule has 0 bridgehead atoms. The van der Waals surface area contributed by atoms with E-state index in [0.29, 0.717) is 17.1 Å². The molecule has 1 aromatic carbocycles. The fourth-order valence-electron chi connectivity index (χ4n) is 3.93. The van der Waals surface area contributed by atoms with Crippen LogP contribution in [0.5, 0.6) is 5.75 Å². The number of hydrogen-bond acceptors (Lipinski definition) is 5. The Labute approximate surface area is 178 Å². The second-order valence-corrected chi connectivity index (χ2v) is 7.58. The number of rotatable bonds is 5. The Morgan fingerprint density at radius 3 is 2.94 bits per heavy atom.